The van der Waals surface area contributed by atoms with Gasteiger partial charge in [0.05, 0.1) is 12.2 Å². The molecule has 0 spiro atoms. The highest BCUT2D eigenvalue weighted by Crippen LogP contribution is 2.22. The first-order chi connectivity index (χ1) is 13.0. The van der Waals surface area contributed by atoms with Gasteiger partial charge < -0.3 is 10.2 Å². The molecule has 2 aliphatic heterocycles. The van der Waals surface area contributed by atoms with Gasteiger partial charge in [0.25, 0.3) is 0 Å². The molecule has 0 unspecified atom stereocenters. The van der Waals surface area contributed by atoms with Gasteiger partial charge in [-0.2, -0.15) is 5.10 Å². The minimum Gasteiger partial charge on any atom is -0.356 e. The molecule has 0 radical (unpaired) electrons. The van der Waals surface area contributed by atoms with Crippen molar-refractivity contribution < 1.29 is 9.59 Å². The lowest BCUT2D eigenvalue weighted by atomic mass is 10.0. The van der Waals surface area contributed by atoms with Crippen LogP contribution >= 0.6 is 0 Å². The number of likely N-dealkylation sites (tertiary alicyclic amines) is 1. The van der Waals surface area contributed by atoms with Crippen LogP contribution in [0.4, 0.5) is 5.82 Å². The van der Waals surface area contributed by atoms with Crippen molar-refractivity contribution >= 4 is 17.6 Å². The average molecular weight is 376 g/mol. The molecule has 1 atom stereocenters. The van der Waals surface area contributed by atoms with Crippen LogP contribution in [0.15, 0.2) is 6.07 Å². The third kappa shape index (κ3) is 5.31. The average Bonchev–Trinajstić information content (AvgIpc) is 3.02. The van der Waals surface area contributed by atoms with Gasteiger partial charge in [-0.25, -0.2) is 4.68 Å². The largest absolute Gasteiger partial charge is 0.356 e. The summed E-state index contributed by atoms with van der Waals surface area (Å²) in [5.41, 5.74) is 0.922. The van der Waals surface area contributed by atoms with Gasteiger partial charge in [0.15, 0.2) is 0 Å². The summed E-state index contributed by atoms with van der Waals surface area (Å²) in [5, 5.41) is 7.43. The number of carbonyl (C=O) groups excluding carboxylic acids is 2. The Labute approximate surface area is 162 Å². The first kappa shape index (κ1) is 19.9. The molecule has 1 saturated heterocycles. The molecule has 150 valence electrons. The molecule has 27 heavy (non-hydrogen) atoms. The van der Waals surface area contributed by atoms with Gasteiger partial charge in [0.1, 0.15) is 5.82 Å². The van der Waals surface area contributed by atoms with Crippen LogP contribution in [0.25, 0.3) is 0 Å². The van der Waals surface area contributed by atoms with E-state index in [9.17, 15) is 9.59 Å². The third-order valence-electron chi connectivity index (χ3n) is 5.67. The number of rotatable bonds is 8. The third-order valence-corrected chi connectivity index (χ3v) is 5.67. The van der Waals surface area contributed by atoms with Crippen LogP contribution in [0.1, 0.15) is 57.6 Å². The predicted molar refractivity (Wildman–Crippen MR) is 106 cm³/mol. The second kappa shape index (κ2) is 9.35. The summed E-state index contributed by atoms with van der Waals surface area (Å²) in [7, 11) is 0. The Hall–Kier alpha value is -1.89. The highest BCUT2D eigenvalue weighted by Gasteiger charge is 2.25. The number of piperidine rings is 1. The molecule has 1 fully saturated rings. The smallest absolute Gasteiger partial charge is 0.229 e. The Morgan fingerprint density at radius 3 is 2.93 bits per heavy atom. The minimum atomic E-state index is 0.0795. The zero-order valence-electron chi connectivity index (χ0n) is 16.7. The number of nitrogens with zero attached hydrogens (tertiary/aromatic N) is 4. The Bertz CT molecular complexity index is 657. The van der Waals surface area contributed by atoms with Gasteiger partial charge in [-0.3, -0.25) is 14.5 Å². The number of hydrogen-bond donors (Lipinski definition) is 1. The molecule has 3 heterocycles. The van der Waals surface area contributed by atoms with Crippen LogP contribution in [-0.4, -0.2) is 58.7 Å². The van der Waals surface area contributed by atoms with E-state index in [4.69, 9.17) is 0 Å². The van der Waals surface area contributed by atoms with E-state index >= 15 is 0 Å². The van der Waals surface area contributed by atoms with Gasteiger partial charge in [0.2, 0.25) is 11.8 Å². The van der Waals surface area contributed by atoms with E-state index in [1.165, 1.54) is 25.8 Å². The zero-order valence-corrected chi connectivity index (χ0v) is 16.7. The van der Waals surface area contributed by atoms with Crippen molar-refractivity contribution in [1.82, 2.24) is 20.0 Å². The second-order valence-corrected chi connectivity index (χ2v) is 7.85. The number of hydrogen-bond acceptors (Lipinski definition) is 4. The van der Waals surface area contributed by atoms with Crippen molar-refractivity contribution in [2.24, 2.45) is 0 Å². The lowest BCUT2D eigenvalue weighted by Gasteiger charge is -2.33. The summed E-state index contributed by atoms with van der Waals surface area (Å²) in [6.07, 6.45) is 6.54. The van der Waals surface area contributed by atoms with E-state index in [1.807, 2.05) is 17.7 Å². The van der Waals surface area contributed by atoms with Crippen LogP contribution in [0.5, 0.6) is 0 Å². The molecule has 7 heteroatoms. The van der Waals surface area contributed by atoms with E-state index in [-0.39, 0.29) is 11.8 Å². The number of anilines is 1. The van der Waals surface area contributed by atoms with Gasteiger partial charge in [-0.1, -0.05) is 6.42 Å². The van der Waals surface area contributed by atoms with Crippen LogP contribution in [0, 0.1) is 6.92 Å². The lowest BCUT2D eigenvalue weighted by Crippen LogP contribution is -2.39. The maximum absolute atomic E-state index is 12.2. The summed E-state index contributed by atoms with van der Waals surface area (Å²) >= 11 is 0. The molecule has 0 saturated carbocycles. The number of aromatic nitrogens is 2. The van der Waals surface area contributed by atoms with Crippen molar-refractivity contribution in [1.29, 1.82) is 0 Å². The molecule has 7 nitrogen and oxygen atoms in total. The number of amides is 2. The first-order valence-electron chi connectivity index (χ1n) is 10.4. The highest BCUT2D eigenvalue weighted by molar-refractivity contribution is 5.93. The number of fused-ring (bicyclic) bond motifs is 1. The molecular weight excluding hydrogens is 342 g/mol. The van der Waals surface area contributed by atoms with Crippen molar-refractivity contribution in [3.8, 4) is 0 Å². The topological polar surface area (TPSA) is 70.5 Å². The zero-order chi connectivity index (χ0) is 19.2. The van der Waals surface area contributed by atoms with Crippen molar-refractivity contribution in [3.05, 3.63) is 11.8 Å². The van der Waals surface area contributed by atoms with Crippen LogP contribution in [0.2, 0.25) is 0 Å². The monoisotopic (exact) mass is 375 g/mol. The number of aryl methyl sites for hydroxylation is 2. The Morgan fingerprint density at radius 1 is 1.26 bits per heavy atom. The van der Waals surface area contributed by atoms with E-state index in [0.717, 1.165) is 31.0 Å². The van der Waals surface area contributed by atoms with Crippen molar-refractivity contribution in [3.63, 3.8) is 0 Å². The summed E-state index contributed by atoms with van der Waals surface area (Å²) < 4.78 is 1.89. The van der Waals surface area contributed by atoms with Crippen LogP contribution < -0.4 is 10.2 Å². The summed E-state index contributed by atoms with van der Waals surface area (Å²) in [6.45, 7) is 8.44. The molecule has 1 N–H and O–H groups in total. The predicted octanol–water partition coefficient (Wildman–Crippen LogP) is 2.09. The van der Waals surface area contributed by atoms with Gasteiger partial charge in [-0.15, -0.1) is 0 Å². The fourth-order valence-electron chi connectivity index (χ4n) is 4.10. The van der Waals surface area contributed by atoms with Gasteiger partial charge in [0, 0.05) is 44.6 Å². The SMILES string of the molecule is Cc1cc2n(n1)CCC(=O)N2CCCC(=O)NCCCN1CCCC[C@H]1C. The van der Waals surface area contributed by atoms with E-state index in [2.05, 4.69) is 22.2 Å². The maximum Gasteiger partial charge on any atom is 0.229 e. The molecule has 0 bridgehead atoms. The normalized spacial score (nSPS) is 20.6. The van der Waals surface area contributed by atoms with Crippen molar-refractivity contribution in [2.45, 2.75) is 71.4 Å². The summed E-state index contributed by atoms with van der Waals surface area (Å²) in [4.78, 5) is 28.6. The van der Waals surface area contributed by atoms with Gasteiger partial charge >= 0.3 is 0 Å². The molecule has 3 rings (SSSR count). The molecular formula is C20H33N5O2. The molecule has 2 amide bonds. The van der Waals surface area contributed by atoms with Crippen LogP contribution in [-0.2, 0) is 16.1 Å². The first-order valence-corrected chi connectivity index (χ1v) is 10.4. The lowest BCUT2D eigenvalue weighted by molar-refractivity contribution is -0.122. The fraction of sp³-hybridized carbons (Fsp3) is 0.750. The Kier molecular flexibility index (Phi) is 6.88. The minimum absolute atomic E-state index is 0.0795. The highest BCUT2D eigenvalue weighted by atomic mass is 16.2. The Morgan fingerprint density at radius 2 is 2.11 bits per heavy atom. The standard InChI is InChI=1S/C20H33N5O2/c1-16-15-19-24(20(27)9-14-25(19)22-16)13-5-8-18(26)21-10-6-12-23-11-4-3-7-17(23)2/h15,17H,3-14H2,1-2H3,(H,21,26)/t17-/m1/s1. The maximum atomic E-state index is 12.2. The molecule has 1 aromatic rings. The van der Waals surface area contributed by atoms with Crippen molar-refractivity contribution in [2.75, 3.05) is 31.1 Å². The number of carbonyl (C=O) groups is 2. The summed E-state index contributed by atoms with van der Waals surface area (Å²) in [5.74, 6) is 1.06. The van der Waals surface area contributed by atoms with Crippen LogP contribution in [0.3, 0.4) is 0 Å². The quantitative estimate of drug-likeness (QED) is 0.707. The Balaban J connectivity index is 1.33. The number of nitrogens with one attached hydrogen (secondary N) is 1. The van der Waals surface area contributed by atoms with E-state index in [0.29, 0.717) is 38.4 Å². The van der Waals surface area contributed by atoms with E-state index < -0.39 is 0 Å². The van der Waals surface area contributed by atoms with E-state index in [1.54, 1.807) is 4.90 Å². The molecule has 1 aromatic heterocycles. The fourth-order valence-corrected chi connectivity index (χ4v) is 4.10. The summed E-state index contributed by atoms with van der Waals surface area (Å²) in [6, 6.07) is 2.62. The molecule has 0 aromatic carbocycles. The second-order valence-electron chi connectivity index (χ2n) is 7.85. The molecule has 2 aliphatic rings. The molecule has 0 aliphatic carbocycles. The van der Waals surface area contributed by atoms with Gasteiger partial charge in [-0.05, 0) is 46.1 Å².